The van der Waals surface area contributed by atoms with Crippen molar-refractivity contribution < 1.29 is 14.7 Å². The minimum Gasteiger partial charge on any atom is -0.481 e. The van der Waals surface area contributed by atoms with Crippen LogP contribution in [0.25, 0.3) is 0 Å². The van der Waals surface area contributed by atoms with E-state index in [4.69, 9.17) is 5.11 Å². The molecule has 0 fully saturated rings. The molecule has 0 aliphatic carbocycles. The number of carbonyl (C=O) groups excluding carboxylic acids is 1. The van der Waals surface area contributed by atoms with Gasteiger partial charge in [-0.25, -0.2) is 4.79 Å². The Morgan fingerprint density at radius 1 is 1.37 bits per heavy atom. The van der Waals surface area contributed by atoms with Crippen LogP contribution in [0.4, 0.5) is 4.79 Å². The Morgan fingerprint density at radius 2 is 1.95 bits per heavy atom. The lowest BCUT2D eigenvalue weighted by Crippen LogP contribution is -2.40. The molecule has 0 aromatic heterocycles. The van der Waals surface area contributed by atoms with Crippen molar-refractivity contribution in [2.75, 3.05) is 13.6 Å². The summed E-state index contributed by atoms with van der Waals surface area (Å²) in [4.78, 5) is 23.8. The molecule has 2 N–H and O–H groups in total. The summed E-state index contributed by atoms with van der Waals surface area (Å²) in [6, 6.07) is 7.33. The highest BCUT2D eigenvalue weighted by atomic mass is 79.9. The van der Waals surface area contributed by atoms with Crippen LogP contribution in [0.3, 0.4) is 0 Å². The van der Waals surface area contributed by atoms with Gasteiger partial charge in [0.2, 0.25) is 0 Å². The number of amides is 2. The third-order valence-electron chi connectivity index (χ3n) is 2.67. The normalized spacial score (nSPS) is 11.7. The molecule has 5 nitrogen and oxygen atoms in total. The summed E-state index contributed by atoms with van der Waals surface area (Å²) in [5.41, 5.74) is 0.983. The molecule has 104 valence electrons. The second-order valence-corrected chi connectivity index (χ2v) is 5.32. The Bertz CT molecular complexity index is 448. The van der Waals surface area contributed by atoms with E-state index in [1.807, 2.05) is 24.3 Å². The lowest BCUT2D eigenvalue weighted by molar-refractivity contribution is -0.141. The van der Waals surface area contributed by atoms with E-state index < -0.39 is 11.9 Å². The first-order valence-corrected chi connectivity index (χ1v) is 6.65. The SMILES string of the molecule is CC(CN(C)C(=O)NCc1ccc(Br)cc1)C(=O)O. The van der Waals surface area contributed by atoms with Crippen LogP contribution in [-0.4, -0.2) is 35.6 Å². The average Bonchev–Trinajstić information content (AvgIpc) is 2.37. The number of nitrogens with zero attached hydrogens (tertiary/aromatic N) is 1. The highest BCUT2D eigenvalue weighted by Crippen LogP contribution is 2.10. The number of carboxylic acids is 1. The molecule has 2 amide bonds. The maximum Gasteiger partial charge on any atom is 0.317 e. The number of hydrogen-bond donors (Lipinski definition) is 2. The molecule has 0 aliphatic rings. The second kappa shape index (κ2) is 7.13. The standard InChI is InChI=1S/C13H17BrN2O3/c1-9(12(17)18)8-16(2)13(19)15-7-10-3-5-11(14)6-4-10/h3-6,9H,7-8H2,1-2H3,(H,15,19)(H,17,18). The van der Waals surface area contributed by atoms with Crippen LogP contribution in [0.1, 0.15) is 12.5 Å². The fourth-order valence-corrected chi connectivity index (χ4v) is 1.75. The van der Waals surface area contributed by atoms with E-state index in [1.54, 1.807) is 14.0 Å². The quantitative estimate of drug-likeness (QED) is 0.871. The van der Waals surface area contributed by atoms with Gasteiger partial charge in [-0.2, -0.15) is 0 Å². The Kier molecular flexibility index (Phi) is 5.82. The van der Waals surface area contributed by atoms with Crippen LogP contribution < -0.4 is 5.32 Å². The monoisotopic (exact) mass is 328 g/mol. The van der Waals surface area contributed by atoms with E-state index in [0.29, 0.717) is 6.54 Å². The zero-order chi connectivity index (χ0) is 14.4. The number of rotatable bonds is 5. The summed E-state index contributed by atoms with van der Waals surface area (Å²) in [7, 11) is 1.58. The number of benzene rings is 1. The Hall–Kier alpha value is -1.56. The average molecular weight is 329 g/mol. The molecule has 0 radical (unpaired) electrons. The first-order valence-electron chi connectivity index (χ1n) is 5.86. The first-order chi connectivity index (χ1) is 8.90. The lowest BCUT2D eigenvalue weighted by atomic mass is 10.2. The number of carbonyl (C=O) groups is 2. The van der Waals surface area contributed by atoms with Crippen molar-refractivity contribution in [2.24, 2.45) is 5.92 Å². The largest absolute Gasteiger partial charge is 0.481 e. The minimum atomic E-state index is -0.910. The van der Waals surface area contributed by atoms with Crippen molar-refractivity contribution in [3.05, 3.63) is 34.3 Å². The molecular formula is C13H17BrN2O3. The maximum atomic E-state index is 11.8. The second-order valence-electron chi connectivity index (χ2n) is 4.40. The van der Waals surface area contributed by atoms with E-state index in [-0.39, 0.29) is 12.6 Å². The van der Waals surface area contributed by atoms with Crippen molar-refractivity contribution in [1.29, 1.82) is 0 Å². The van der Waals surface area contributed by atoms with Crippen LogP contribution >= 0.6 is 15.9 Å². The van der Waals surface area contributed by atoms with Gasteiger partial charge in [0.15, 0.2) is 0 Å². The van der Waals surface area contributed by atoms with Crippen LogP contribution in [0, 0.1) is 5.92 Å². The fourth-order valence-electron chi connectivity index (χ4n) is 1.49. The minimum absolute atomic E-state index is 0.182. The van der Waals surface area contributed by atoms with Gasteiger partial charge in [-0.3, -0.25) is 4.79 Å². The molecular weight excluding hydrogens is 312 g/mol. The van der Waals surface area contributed by atoms with Gasteiger partial charge >= 0.3 is 12.0 Å². The summed E-state index contributed by atoms with van der Waals surface area (Å²) in [5, 5.41) is 11.5. The maximum absolute atomic E-state index is 11.8. The van der Waals surface area contributed by atoms with E-state index in [0.717, 1.165) is 10.0 Å². The zero-order valence-electron chi connectivity index (χ0n) is 10.9. The summed E-state index contributed by atoms with van der Waals surface area (Å²) >= 11 is 3.34. The van der Waals surface area contributed by atoms with E-state index in [2.05, 4.69) is 21.2 Å². The lowest BCUT2D eigenvalue weighted by Gasteiger charge is -2.20. The molecule has 6 heteroatoms. The van der Waals surface area contributed by atoms with Gasteiger partial charge in [0.1, 0.15) is 0 Å². The van der Waals surface area contributed by atoms with Gasteiger partial charge in [-0.05, 0) is 17.7 Å². The Morgan fingerprint density at radius 3 is 2.47 bits per heavy atom. The van der Waals surface area contributed by atoms with Gasteiger partial charge in [-0.15, -0.1) is 0 Å². The van der Waals surface area contributed by atoms with Gasteiger partial charge in [0.25, 0.3) is 0 Å². The number of carboxylic acid groups (broad SMARTS) is 1. The number of hydrogen-bond acceptors (Lipinski definition) is 2. The van der Waals surface area contributed by atoms with Crippen molar-refractivity contribution in [2.45, 2.75) is 13.5 Å². The van der Waals surface area contributed by atoms with Crippen LogP contribution in [0.15, 0.2) is 28.7 Å². The molecule has 1 aromatic carbocycles. The van der Waals surface area contributed by atoms with Gasteiger partial charge < -0.3 is 15.3 Å². The van der Waals surface area contributed by atoms with E-state index in [1.165, 1.54) is 4.90 Å². The molecule has 0 heterocycles. The topological polar surface area (TPSA) is 69.6 Å². The molecule has 1 rings (SSSR count). The van der Waals surface area contributed by atoms with Crippen LogP contribution in [-0.2, 0) is 11.3 Å². The van der Waals surface area contributed by atoms with Crippen molar-refractivity contribution in [3.8, 4) is 0 Å². The van der Waals surface area contributed by atoms with Gasteiger partial charge in [0, 0.05) is 24.6 Å². The molecule has 0 aliphatic heterocycles. The summed E-state index contributed by atoms with van der Waals surface area (Å²) in [6.45, 7) is 2.17. The van der Waals surface area contributed by atoms with E-state index in [9.17, 15) is 9.59 Å². The van der Waals surface area contributed by atoms with Crippen LogP contribution in [0.2, 0.25) is 0 Å². The number of aliphatic carboxylic acids is 1. The van der Waals surface area contributed by atoms with Crippen LogP contribution in [0.5, 0.6) is 0 Å². The Balaban J connectivity index is 2.42. The van der Waals surface area contributed by atoms with E-state index >= 15 is 0 Å². The zero-order valence-corrected chi connectivity index (χ0v) is 12.5. The van der Waals surface area contributed by atoms with Crippen molar-refractivity contribution in [3.63, 3.8) is 0 Å². The van der Waals surface area contributed by atoms with Crippen molar-refractivity contribution in [1.82, 2.24) is 10.2 Å². The molecule has 19 heavy (non-hydrogen) atoms. The predicted molar refractivity (Wildman–Crippen MR) is 75.8 cm³/mol. The summed E-state index contributed by atoms with van der Waals surface area (Å²) < 4.78 is 0.981. The van der Waals surface area contributed by atoms with Gasteiger partial charge in [0.05, 0.1) is 5.92 Å². The molecule has 0 bridgehead atoms. The molecule has 0 saturated heterocycles. The summed E-state index contributed by atoms with van der Waals surface area (Å²) in [5.74, 6) is -1.49. The third kappa shape index (κ3) is 5.30. The predicted octanol–water partition coefficient (Wildman–Crippen LogP) is 2.31. The highest BCUT2D eigenvalue weighted by molar-refractivity contribution is 9.10. The molecule has 1 unspecified atom stereocenters. The molecule has 1 atom stereocenters. The molecule has 0 saturated carbocycles. The third-order valence-corrected chi connectivity index (χ3v) is 3.20. The van der Waals surface area contributed by atoms with Crippen molar-refractivity contribution >= 4 is 27.9 Å². The first kappa shape index (κ1) is 15.5. The number of halogens is 1. The number of urea groups is 1. The highest BCUT2D eigenvalue weighted by Gasteiger charge is 2.16. The summed E-state index contributed by atoms with van der Waals surface area (Å²) in [6.07, 6.45) is 0. The Labute approximate surface area is 120 Å². The smallest absolute Gasteiger partial charge is 0.317 e. The number of nitrogens with one attached hydrogen (secondary N) is 1. The molecule has 1 aromatic rings. The molecule has 0 spiro atoms. The van der Waals surface area contributed by atoms with Gasteiger partial charge in [-0.1, -0.05) is 35.0 Å². The fraction of sp³-hybridized carbons (Fsp3) is 0.385.